The lowest BCUT2D eigenvalue weighted by Crippen LogP contribution is -2.36. The highest BCUT2D eigenvalue weighted by Gasteiger charge is 2.24. The number of ether oxygens (including phenoxy) is 1. The van der Waals surface area contributed by atoms with E-state index in [1.165, 1.54) is 35.5 Å². The van der Waals surface area contributed by atoms with Gasteiger partial charge in [0.1, 0.15) is 5.82 Å². The summed E-state index contributed by atoms with van der Waals surface area (Å²) in [5.41, 5.74) is 4.83. The molecule has 4 rings (SSSR count). The summed E-state index contributed by atoms with van der Waals surface area (Å²) in [6.45, 7) is 4.44. The Labute approximate surface area is 129 Å². The van der Waals surface area contributed by atoms with E-state index >= 15 is 0 Å². The summed E-state index contributed by atoms with van der Waals surface area (Å²) in [5.74, 6) is -0.207. The maximum atomic E-state index is 13.1. The number of aromatic nitrogens is 2. The summed E-state index contributed by atoms with van der Waals surface area (Å²) >= 11 is 0. The van der Waals surface area contributed by atoms with Crippen molar-refractivity contribution in [1.82, 2.24) is 14.7 Å². The van der Waals surface area contributed by atoms with Gasteiger partial charge in [-0.1, -0.05) is 0 Å². The minimum Gasteiger partial charge on any atom is -0.379 e. The number of fused-ring (bicyclic) bond motifs is 1. The van der Waals surface area contributed by atoms with E-state index in [-0.39, 0.29) is 5.82 Å². The Morgan fingerprint density at radius 3 is 2.64 bits per heavy atom. The molecule has 0 radical (unpaired) electrons. The average Bonchev–Trinajstić information content (AvgIpc) is 3.13. The first-order valence-electron chi connectivity index (χ1n) is 7.97. The minimum absolute atomic E-state index is 0.207. The molecule has 1 aromatic carbocycles. The number of rotatable bonds is 3. The second-order valence-electron chi connectivity index (χ2n) is 6.00. The third kappa shape index (κ3) is 2.55. The Morgan fingerprint density at radius 2 is 1.86 bits per heavy atom. The van der Waals surface area contributed by atoms with Crippen LogP contribution in [0.1, 0.15) is 23.4 Å². The maximum absolute atomic E-state index is 13.1. The molecular weight excluding hydrogens is 281 g/mol. The molecule has 116 valence electrons. The average molecular weight is 301 g/mol. The summed E-state index contributed by atoms with van der Waals surface area (Å²) in [7, 11) is 0. The molecule has 0 spiro atoms. The van der Waals surface area contributed by atoms with Crippen molar-refractivity contribution in [2.24, 2.45) is 0 Å². The molecule has 0 N–H and O–H groups in total. The zero-order valence-electron chi connectivity index (χ0n) is 12.6. The lowest BCUT2D eigenvalue weighted by Gasteiger charge is -2.26. The first kappa shape index (κ1) is 13.9. The van der Waals surface area contributed by atoms with Gasteiger partial charge in [-0.2, -0.15) is 5.10 Å². The molecule has 1 aromatic heterocycles. The van der Waals surface area contributed by atoms with E-state index in [4.69, 9.17) is 9.84 Å². The largest absolute Gasteiger partial charge is 0.379 e. The number of hydrogen-bond acceptors (Lipinski definition) is 3. The predicted octanol–water partition coefficient (Wildman–Crippen LogP) is 2.33. The first-order chi connectivity index (χ1) is 10.8. The van der Waals surface area contributed by atoms with Crippen molar-refractivity contribution in [3.05, 3.63) is 47.0 Å². The number of morpholine rings is 1. The van der Waals surface area contributed by atoms with Gasteiger partial charge in [-0.15, -0.1) is 0 Å². The standard InChI is InChI=1S/C17H20FN3O/c18-13-4-6-14(7-5-13)21-17-3-1-2-15(17)16(19-21)12-20-8-10-22-11-9-20/h4-7H,1-3,8-12H2. The zero-order chi connectivity index (χ0) is 14.9. The molecule has 0 atom stereocenters. The fraction of sp³-hybridized carbons (Fsp3) is 0.471. The molecule has 0 saturated carbocycles. The van der Waals surface area contributed by atoms with Gasteiger partial charge in [0.2, 0.25) is 0 Å². The molecule has 1 aliphatic carbocycles. The van der Waals surface area contributed by atoms with E-state index in [0.29, 0.717) is 0 Å². The van der Waals surface area contributed by atoms with E-state index in [9.17, 15) is 4.39 Å². The highest BCUT2D eigenvalue weighted by molar-refractivity contribution is 5.40. The van der Waals surface area contributed by atoms with Crippen LogP contribution in [0.4, 0.5) is 4.39 Å². The fourth-order valence-electron chi connectivity index (χ4n) is 3.41. The van der Waals surface area contributed by atoms with Gasteiger partial charge in [-0.25, -0.2) is 9.07 Å². The van der Waals surface area contributed by atoms with Crippen molar-refractivity contribution in [3.8, 4) is 5.69 Å². The van der Waals surface area contributed by atoms with Gasteiger partial charge < -0.3 is 4.74 Å². The quantitative estimate of drug-likeness (QED) is 0.871. The smallest absolute Gasteiger partial charge is 0.123 e. The SMILES string of the molecule is Fc1ccc(-n2nc(CN3CCOCC3)c3c2CCC3)cc1. The summed E-state index contributed by atoms with van der Waals surface area (Å²) in [5, 5.41) is 4.84. The minimum atomic E-state index is -0.207. The van der Waals surface area contributed by atoms with Crippen LogP contribution in [0, 0.1) is 5.82 Å². The van der Waals surface area contributed by atoms with E-state index < -0.39 is 0 Å². The van der Waals surface area contributed by atoms with Crippen LogP contribution in [-0.4, -0.2) is 41.0 Å². The fourth-order valence-corrected chi connectivity index (χ4v) is 3.41. The Morgan fingerprint density at radius 1 is 1.09 bits per heavy atom. The van der Waals surface area contributed by atoms with Crippen LogP contribution in [-0.2, 0) is 24.1 Å². The number of nitrogens with zero attached hydrogens (tertiary/aromatic N) is 3. The summed E-state index contributed by atoms with van der Waals surface area (Å²) < 4.78 is 20.6. The second kappa shape index (κ2) is 5.82. The van der Waals surface area contributed by atoms with Crippen LogP contribution in [0.3, 0.4) is 0 Å². The Bertz CT molecular complexity index is 659. The van der Waals surface area contributed by atoms with Gasteiger partial charge in [-0.05, 0) is 49.1 Å². The van der Waals surface area contributed by atoms with Crippen LogP contribution in [0.2, 0.25) is 0 Å². The van der Waals surface area contributed by atoms with Crippen molar-refractivity contribution in [1.29, 1.82) is 0 Å². The second-order valence-corrected chi connectivity index (χ2v) is 6.00. The normalized spacial score (nSPS) is 18.6. The molecule has 0 amide bonds. The molecule has 22 heavy (non-hydrogen) atoms. The highest BCUT2D eigenvalue weighted by atomic mass is 19.1. The number of hydrogen-bond donors (Lipinski definition) is 0. The molecule has 1 fully saturated rings. The topological polar surface area (TPSA) is 30.3 Å². The Kier molecular flexibility index (Phi) is 3.68. The van der Waals surface area contributed by atoms with E-state index in [0.717, 1.165) is 51.4 Å². The first-order valence-corrected chi connectivity index (χ1v) is 7.97. The molecule has 2 aliphatic rings. The monoisotopic (exact) mass is 301 g/mol. The molecule has 5 heteroatoms. The highest BCUT2D eigenvalue weighted by Crippen LogP contribution is 2.28. The van der Waals surface area contributed by atoms with E-state index in [1.54, 1.807) is 12.1 Å². The Hall–Kier alpha value is -1.72. The third-order valence-electron chi connectivity index (χ3n) is 4.56. The zero-order valence-corrected chi connectivity index (χ0v) is 12.6. The molecule has 4 nitrogen and oxygen atoms in total. The maximum Gasteiger partial charge on any atom is 0.123 e. The molecule has 2 heterocycles. The van der Waals surface area contributed by atoms with Crippen molar-refractivity contribution in [2.75, 3.05) is 26.3 Å². The van der Waals surface area contributed by atoms with Crippen molar-refractivity contribution in [2.45, 2.75) is 25.8 Å². The van der Waals surface area contributed by atoms with Gasteiger partial charge in [0.15, 0.2) is 0 Å². The molecule has 2 aromatic rings. The predicted molar refractivity (Wildman–Crippen MR) is 81.6 cm³/mol. The summed E-state index contributed by atoms with van der Waals surface area (Å²) in [4.78, 5) is 2.40. The number of benzene rings is 1. The molecule has 0 unspecified atom stereocenters. The van der Waals surface area contributed by atoms with Gasteiger partial charge in [0, 0.05) is 25.3 Å². The molecule has 1 aliphatic heterocycles. The van der Waals surface area contributed by atoms with Gasteiger partial charge in [0.25, 0.3) is 0 Å². The lowest BCUT2D eigenvalue weighted by molar-refractivity contribution is 0.0335. The van der Waals surface area contributed by atoms with E-state index in [2.05, 4.69) is 4.90 Å². The van der Waals surface area contributed by atoms with E-state index in [1.807, 2.05) is 4.68 Å². The van der Waals surface area contributed by atoms with Crippen LogP contribution < -0.4 is 0 Å². The summed E-state index contributed by atoms with van der Waals surface area (Å²) in [6.07, 6.45) is 3.35. The van der Waals surface area contributed by atoms with Gasteiger partial charge in [-0.3, -0.25) is 4.90 Å². The van der Waals surface area contributed by atoms with Crippen LogP contribution >= 0.6 is 0 Å². The van der Waals surface area contributed by atoms with Gasteiger partial charge >= 0.3 is 0 Å². The van der Waals surface area contributed by atoms with Crippen molar-refractivity contribution in [3.63, 3.8) is 0 Å². The van der Waals surface area contributed by atoms with Crippen LogP contribution in [0.25, 0.3) is 5.69 Å². The Balaban J connectivity index is 1.65. The molecule has 1 saturated heterocycles. The molecule has 0 bridgehead atoms. The number of halogens is 1. The lowest BCUT2D eigenvalue weighted by atomic mass is 10.2. The summed E-state index contributed by atoms with van der Waals surface area (Å²) in [6, 6.07) is 6.61. The van der Waals surface area contributed by atoms with Gasteiger partial charge in [0.05, 0.1) is 24.6 Å². The molecular formula is C17H20FN3O. The van der Waals surface area contributed by atoms with Crippen molar-refractivity contribution < 1.29 is 9.13 Å². The third-order valence-corrected chi connectivity index (χ3v) is 4.56. The van der Waals surface area contributed by atoms with Crippen molar-refractivity contribution >= 4 is 0 Å². The van der Waals surface area contributed by atoms with Crippen LogP contribution in [0.5, 0.6) is 0 Å². The van der Waals surface area contributed by atoms with Crippen LogP contribution in [0.15, 0.2) is 24.3 Å².